The summed E-state index contributed by atoms with van der Waals surface area (Å²) in [5.41, 5.74) is 2.95. The van der Waals surface area contributed by atoms with Crippen LogP contribution in [-0.4, -0.2) is 17.6 Å². The molecule has 3 aromatic rings. The number of thiophene rings is 1. The van der Waals surface area contributed by atoms with E-state index in [9.17, 15) is 14.9 Å². The van der Waals surface area contributed by atoms with Crippen molar-refractivity contribution in [2.24, 2.45) is 0 Å². The molecule has 1 aliphatic heterocycles. The number of benzene rings is 2. The lowest BCUT2D eigenvalue weighted by molar-refractivity contribution is -0.114. The minimum atomic E-state index is -0.522. The van der Waals surface area contributed by atoms with Gasteiger partial charge in [-0.05, 0) is 77.4 Å². The monoisotopic (exact) mass is 612 g/mol. The van der Waals surface area contributed by atoms with E-state index in [1.807, 2.05) is 79.0 Å². The molecule has 0 spiro atoms. The van der Waals surface area contributed by atoms with Crippen molar-refractivity contribution in [2.45, 2.75) is 12.8 Å². The summed E-state index contributed by atoms with van der Waals surface area (Å²) in [7, 11) is 0. The van der Waals surface area contributed by atoms with E-state index in [4.69, 9.17) is 0 Å². The number of carbonyl (C=O) groups is 2. The van der Waals surface area contributed by atoms with Crippen molar-refractivity contribution < 1.29 is 9.59 Å². The highest BCUT2D eigenvalue weighted by Gasteiger charge is 2.35. The summed E-state index contributed by atoms with van der Waals surface area (Å²) in [4.78, 5) is 26.8. The molecule has 2 aromatic carbocycles. The number of amides is 2. The van der Waals surface area contributed by atoms with E-state index >= 15 is 0 Å². The minimum absolute atomic E-state index is 0.121. The van der Waals surface area contributed by atoms with Crippen LogP contribution in [0, 0.1) is 14.9 Å². The van der Waals surface area contributed by atoms with Crippen LogP contribution in [0.4, 0.5) is 11.4 Å². The SMILES string of the molecule is CC1=C(C(=O)Nc2ccccc2)[C@@H](c2cccs2)C(C#N)=C(SCC(=O)Nc2ccc(I)cc2)N1. The van der Waals surface area contributed by atoms with Crippen LogP contribution in [-0.2, 0) is 9.59 Å². The number of nitrogens with one attached hydrogen (secondary N) is 3. The molecule has 0 aliphatic carbocycles. The van der Waals surface area contributed by atoms with Gasteiger partial charge in [-0.15, -0.1) is 11.3 Å². The van der Waals surface area contributed by atoms with Crippen LogP contribution < -0.4 is 16.0 Å². The Kier molecular flexibility index (Phi) is 8.28. The van der Waals surface area contributed by atoms with E-state index in [2.05, 4.69) is 44.6 Å². The number of hydrogen-bond donors (Lipinski definition) is 3. The molecule has 0 radical (unpaired) electrons. The standard InChI is InChI=1S/C26H21IN4O2S2/c1-16-23(25(33)31-18-6-3-2-4-7-18)24(21-8-5-13-34-21)20(14-28)26(29-16)35-15-22(32)30-19-11-9-17(27)10-12-19/h2-13,24,29H,15H2,1H3,(H,30,32)(H,31,33)/t24-/m1/s1. The second-order valence-corrected chi connectivity index (χ2v) is 10.8. The molecule has 0 unspecified atom stereocenters. The number of dihydropyridines is 1. The summed E-state index contributed by atoms with van der Waals surface area (Å²) in [6.45, 7) is 1.82. The molecular weight excluding hydrogens is 591 g/mol. The first-order chi connectivity index (χ1) is 17.0. The third kappa shape index (κ3) is 6.14. The zero-order valence-electron chi connectivity index (χ0n) is 18.7. The third-order valence-electron chi connectivity index (χ3n) is 5.23. The molecule has 9 heteroatoms. The van der Waals surface area contributed by atoms with Crippen molar-refractivity contribution in [3.63, 3.8) is 0 Å². The number of nitriles is 1. The molecule has 0 saturated carbocycles. The summed E-state index contributed by atoms with van der Waals surface area (Å²) in [5.74, 6) is -0.848. The van der Waals surface area contributed by atoms with Gasteiger partial charge in [0.1, 0.15) is 0 Å². The Morgan fingerprint density at radius 2 is 1.77 bits per heavy atom. The van der Waals surface area contributed by atoms with E-state index in [0.717, 1.165) is 14.1 Å². The lowest BCUT2D eigenvalue weighted by Crippen LogP contribution is -2.30. The highest BCUT2D eigenvalue weighted by atomic mass is 127. The van der Waals surface area contributed by atoms with Crippen molar-refractivity contribution in [3.8, 4) is 6.07 Å². The second kappa shape index (κ2) is 11.6. The Balaban J connectivity index is 1.57. The van der Waals surface area contributed by atoms with E-state index in [0.29, 0.717) is 27.6 Å². The fraction of sp³-hybridized carbons (Fsp3) is 0.115. The van der Waals surface area contributed by atoms with Gasteiger partial charge in [-0.1, -0.05) is 36.0 Å². The van der Waals surface area contributed by atoms with Crippen molar-refractivity contribution >= 4 is 68.9 Å². The molecule has 6 nitrogen and oxygen atoms in total. The summed E-state index contributed by atoms with van der Waals surface area (Å²) in [5, 5.41) is 21.7. The highest BCUT2D eigenvalue weighted by molar-refractivity contribution is 14.1. The van der Waals surface area contributed by atoms with Gasteiger partial charge in [0.2, 0.25) is 5.91 Å². The van der Waals surface area contributed by atoms with Gasteiger partial charge in [-0.25, -0.2) is 0 Å². The molecule has 1 atom stereocenters. The number of para-hydroxylation sites is 1. The van der Waals surface area contributed by atoms with Crippen molar-refractivity contribution in [3.05, 3.63) is 102 Å². The smallest absolute Gasteiger partial charge is 0.254 e. The zero-order chi connectivity index (χ0) is 24.8. The fourth-order valence-electron chi connectivity index (χ4n) is 3.66. The van der Waals surface area contributed by atoms with Gasteiger partial charge in [0.15, 0.2) is 0 Å². The predicted molar refractivity (Wildman–Crippen MR) is 151 cm³/mol. The number of rotatable bonds is 7. The van der Waals surface area contributed by atoms with Crippen LogP contribution in [0.25, 0.3) is 0 Å². The molecule has 2 heterocycles. The van der Waals surface area contributed by atoms with E-state index in [1.54, 1.807) is 0 Å². The van der Waals surface area contributed by atoms with Crippen molar-refractivity contribution in [1.82, 2.24) is 5.32 Å². The largest absolute Gasteiger partial charge is 0.353 e. The lowest BCUT2D eigenvalue weighted by atomic mass is 9.86. The molecule has 1 aliphatic rings. The maximum absolute atomic E-state index is 13.3. The normalized spacial score (nSPS) is 15.3. The maximum atomic E-state index is 13.3. The number of nitrogens with zero attached hydrogens (tertiary/aromatic N) is 1. The van der Waals surface area contributed by atoms with Crippen LogP contribution >= 0.6 is 45.7 Å². The van der Waals surface area contributed by atoms with Gasteiger partial charge in [-0.3, -0.25) is 9.59 Å². The highest BCUT2D eigenvalue weighted by Crippen LogP contribution is 2.42. The predicted octanol–water partition coefficient (Wildman–Crippen LogP) is 6.06. The molecule has 1 aromatic heterocycles. The molecule has 0 fully saturated rings. The molecular formula is C26H21IN4O2S2. The summed E-state index contributed by atoms with van der Waals surface area (Å²) < 4.78 is 1.08. The fourth-order valence-corrected chi connectivity index (χ4v) is 5.75. The van der Waals surface area contributed by atoms with Crippen LogP contribution in [0.5, 0.6) is 0 Å². The number of carbonyl (C=O) groups excluding carboxylic acids is 2. The summed E-state index contributed by atoms with van der Waals surface area (Å²) >= 11 is 4.95. The topological polar surface area (TPSA) is 94.0 Å². The van der Waals surface area contributed by atoms with Gasteiger partial charge in [0.05, 0.1) is 28.3 Å². The third-order valence-corrected chi connectivity index (χ3v) is 7.90. The molecule has 0 bridgehead atoms. The first kappa shape index (κ1) is 25.0. The zero-order valence-corrected chi connectivity index (χ0v) is 22.5. The van der Waals surface area contributed by atoms with Gasteiger partial charge >= 0.3 is 0 Å². The Morgan fingerprint density at radius 3 is 2.43 bits per heavy atom. The summed E-state index contributed by atoms with van der Waals surface area (Å²) in [6, 6.07) is 22.9. The number of hydrogen-bond acceptors (Lipinski definition) is 6. The Labute approximate surface area is 225 Å². The molecule has 2 amide bonds. The van der Waals surface area contributed by atoms with Crippen LogP contribution in [0.15, 0.2) is 94.0 Å². The molecule has 0 saturated heterocycles. The van der Waals surface area contributed by atoms with Crippen LogP contribution in [0.1, 0.15) is 17.7 Å². The van der Waals surface area contributed by atoms with E-state index in [-0.39, 0.29) is 17.6 Å². The van der Waals surface area contributed by atoms with Crippen molar-refractivity contribution in [2.75, 3.05) is 16.4 Å². The first-order valence-corrected chi connectivity index (χ1v) is 13.6. The second-order valence-electron chi connectivity index (χ2n) is 7.63. The minimum Gasteiger partial charge on any atom is -0.353 e. The molecule has 35 heavy (non-hydrogen) atoms. The molecule has 176 valence electrons. The average Bonchev–Trinajstić information content (AvgIpc) is 3.39. The lowest BCUT2D eigenvalue weighted by Gasteiger charge is -2.29. The van der Waals surface area contributed by atoms with Gasteiger partial charge in [0.25, 0.3) is 5.91 Å². The molecule has 4 rings (SSSR count). The van der Waals surface area contributed by atoms with E-state index < -0.39 is 5.92 Å². The number of anilines is 2. The van der Waals surface area contributed by atoms with E-state index in [1.165, 1.54) is 23.1 Å². The Bertz CT molecular complexity index is 1330. The molecule has 3 N–H and O–H groups in total. The van der Waals surface area contributed by atoms with Crippen LogP contribution in [0.2, 0.25) is 0 Å². The van der Waals surface area contributed by atoms with Gasteiger partial charge in [-0.2, -0.15) is 5.26 Å². The van der Waals surface area contributed by atoms with Gasteiger partial charge < -0.3 is 16.0 Å². The van der Waals surface area contributed by atoms with Gasteiger partial charge in [0, 0.05) is 31.1 Å². The average molecular weight is 613 g/mol. The maximum Gasteiger partial charge on any atom is 0.254 e. The van der Waals surface area contributed by atoms with Crippen LogP contribution in [0.3, 0.4) is 0 Å². The van der Waals surface area contributed by atoms with Crippen molar-refractivity contribution in [1.29, 1.82) is 5.26 Å². The summed E-state index contributed by atoms with van der Waals surface area (Å²) in [6.07, 6.45) is 0. The Morgan fingerprint density at radius 1 is 1.06 bits per heavy atom. The number of thioether (sulfide) groups is 1. The number of allylic oxidation sites excluding steroid dienone is 2. The quantitative estimate of drug-likeness (QED) is 0.282. The Hall–Kier alpha value is -3.07. The first-order valence-electron chi connectivity index (χ1n) is 10.7. The number of halogens is 1.